The third kappa shape index (κ3) is 5.90. The first-order valence-corrected chi connectivity index (χ1v) is 13.7. The molecule has 206 valence electrons. The normalized spacial score (nSPS) is 13.6. The number of methoxy groups -OCH3 is 2. The number of nitro benzene ring substituents is 1. The SMILES string of the molecule is COc1ccc(N(CC(=O)N2CCN(c3ccccc3OC)CC2)S(=O)(=O)c2ccc(C)c([N+](=O)[O-])c2)cc1. The number of rotatable bonds is 9. The zero-order valence-corrected chi connectivity index (χ0v) is 22.8. The number of hydrogen-bond donors (Lipinski definition) is 0. The molecule has 1 heterocycles. The first-order chi connectivity index (χ1) is 18.6. The zero-order valence-electron chi connectivity index (χ0n) is 21.9. The lowest BCUT2D eigenvalue weighted by atomic mass is 10.2. The fourth-order valence-electron chi connectivity index (χ4n) is 4.45. The third-order valence-electron chi connectivity index (χ3n) is 6.66. The number of aryl methyl sites for hydroxylation is 1. The average Bonchev–Trinajstić information content (AvgIpc) is 2.95. The number of piperazine rings is 1. The summed E-state index contributed by atoms with van der Waals surface area (Å²) >= 11 is 0. The third-order valence-corrected chi connectivity index (χ3v) is 8.43. The van der Waals surface area contributed by atoms with Gasteiger partial charge in [-0.3, -0.25) is 19.2 Å². The van der Waals surface area contributed by atoms with Gasteiger partial charge in [0, 0.05) is 37.8 Å². The molecule has 1 amide bonds. The summed E-state index contributed by atoms with van der Waals surface area (Å²) in [6.45, 7) is 2.94. The van der Waals surface area contributed by atoms with Crippen LogP contribution in [0.2, 0.25) is 0 Å². The molecule has 0 bridgehead atoms. The molecular formula is C27H30N4O7S. The zero-order chi connectivity index (χ0) is 28.2. The van der Waals surface area contributed by atoms with E-state index in [4.69, 9.17) is 9.47 Å². The summed E-state index contributed by atoms with van der Waals surface area (Å²) < 4.78 is 39.2. The number of hydrogen-bond acceptors (Lipinski definition) is 8. The quantitative estimate of drug-likeness (QED) is 0.291. The number of benzene rings is 3. The van der Waals surface area contributed by atoms with Crippen LogP contribution in [0.15, 0.2) is 71.6 Å². The number of anilines is 2. The second kappa shape index (κ2) is 11.6. The highest BCUT2D eigenvalue weighted by Crippen LogP contribution is 2.30. The number of ether oxygens (including phenoxy) is 2. The van der Waals surface area contributed by atoms with Crippen LogP contribution in [0.25, 0.3) is 0 Å². The first kappa shape index (κ1) is 27.7. The van der Waals surface area contributed by atoms with Crippen molar-refractivity contribution in [2.75, 3.05) is 56.1 Å². The molecule has 1 saturated heterocycles. The molecule has 0 spiro atoms. The number of amides is 1. The monoisotopic (exact) mass is 554 g/mol. The van der Waals surface area contributed by atoms with Gasteiger partial charge in [-0.15, -0.1) is 0 Å². The lowest BCUT2D eigenvalue weighted by molar-refractivity contribution is -0.385. The van der Waals surface area contributed by atoms with Crippen LogP contribution in [0.5, 0.6) is 11.5 Å². The number of carbonyl (C=O) groups is 1. The molecule has 3 aromatic carbocycles. The molecule has 0 aliphatic carbocycles. The molecule has 0 atom stereocenters. The van der Waals surface area contributed by atoms with Crippen LogP contribution in [0, 0.1) is 17.0 Å². The van der Waals surface area contributed by atoms with Gasteiger partial charge in [0.2, 0.25) is 5.91 Å². The molecule has 1 fully saturated rings. The molecule has 0 aromatic heterocycles. The molecule has 1 aliphatic heterocycles. The van der Waals surface area contributed by atoms with E-state index in [1.165, 1.54) is 38.3 Å². The summed E-state index contributed by atoms with van der Waals surface area (Å²) in [7, 11) is -1.23. The summed E-state index contributed by atoms with van der Waals surface area (Å²) in [5.41, 5.74) is 1.18. The molecule has 0 saturated carbocycles. The number of nitro groups is 1. The highest BCUT2D eigenvalue weighted by atomic mass is 32.2. The maximum Gasteiger partial charge on any atom is 0.273 e. The van der Waals surface area contributed by atoms with Crippen molar-refractivity contribution in [3.05, 3.63) is 82.4 Å². The maximum absolute atomic E-state index is 13.8. The molecule has 4 rings (SSSR count). The Bertz CT molecular complexity index is 1450. The van der Waals surface area contributed by atoms with Gasteiger partial charge in [0.1, 0.15) is 18.0 Å². The van der Waals surface area contributed by atoms with Crippen LogP contribution in [-0.2, 0) is 14.8 Å². The van der Waals surface area contributed by atoms with Gasteiger partial charge in [-0.25, -0.2) is 8.42 Å². The van der Waals surface area contributed by atoms with E-state index in [0.29, 0.717) is 37.5 Å². The van der Waals surface area contributed by atoms with E-state index < -0.39 is 21.5 Å². The second-order valence-electron chi connectivity index (χ2n) is 8.95. The van der Waals surface area contributed by atoms with Crippen LogP contribution in [0.1, 0.15) is 5.56 Å². The van der Waals surface area contributed by atoms with Gasteiger partial charge in [0.15, 0.2) is 0 Å². The maximum atomic E-state index is 13.8. The summed E-state index contributed by atoms with van der Waals surface area (Å²) in [5, 5.41) is 11.5. The predicted molar refractivity (Wildman–Crippen MR) is 147 cm³/mol. The van der Waals surface area contributed by atoms with E-state index in [-0.39, 0.29) is 22.2 Å². The standard InChI is InChI=1S/C27H30N4O7S/c1-20-8-13-23(18-25(20)31(33)34)39(35,36)30(21-9-11-22(37-2)12-10-21)19-27(32)29-16-14-28(15-17-29)24-6-4-5-7-26(24)38-3/h4-13,18H,14-17,19H2,1-3H3. The lowest BCUT2D eigenvalue weighted by Gasteiger charge is -2.37. The van der Waals surface area contributed by atoms with E-state index >= 15 is 0 Å². The minimum absolute atomic E-state index is 0.236. The van der Waals surface area contributed by atoms with Crippen molar-refractivity contribution >= 4 is 33.0 Å². The van der Waals surface area contributed by atoms with Crippen molar-refractivity contribution in [2.24, 2.45) is 0 Å². The highest BCUT2D eigenvalue weighted by Gasteiger charge is 2.32. The van der Waals surface area contributed by atoms with Crippen LogP contribution >= 0.6 is 0 Å². The fraction of sp³-hybridized carbons (Fsp3) is 0.296. The van der Waals surface area contributed by atoms with Crippen LogP contribution in [0.3, 0.4) is 0 Å². The number of sulfonamides is 1. The predicted octanol–water partition coefficient (Wildman–Crippen LogP) is 3.46. The molecular weight excluding hydrogens is 524 g/mol. The van der Waals surface area contributed by atoms with Gasteiger partial charge < -0.3 is 19.3 Å². The molecule has 0 N–H and O–H groups in total. The summed E-state index contributed by atoms with van der Waals surface area (Å²) in [6, 6.07) is 17.6. The Kier molecular flexibility index (Phi) is 8.24. The summed E-state index contributed by atoms with van der Waals surface area (Å²) in [4.78, 5) is 27.7. The second-order valence-corrected chi connectivity index (χ2v) is 10.8. The minimum Gasteiger partial charge on any atom is -0.497 e. The molecule has 0 unspecified atom stereocenters. The smallest absolute Gasteiger partial charge is 0.273 e. The molecule has 3 aromatic rings. The van der Waals surface area contributed by atoms with E-state index in [9.17, 15) is 23.3 Å². The molecule has 0 radical (unpaired) electrons. The van der Waals surface area contributed by atoms with Crippen molar-refractivity contribution in [1.82, 2.24) is 4.90 Å². The van der Waals surface area contributed by atoms with E-state index in [2.05, 4.69) is 4.90 Å². The first-order valence-electron chi connectivity index (χ1n) is 12.2. The van der Waals surface area contributed by atoms with Gasteiger partial charge in [-0.1, -0.05) is 18.2 Å². The Morgan fingerprint density at radius 2 is 1.64 bits per heavy atom. The van der Waals surface area contributed by atoms with E-state index in [0.717, 1.165) is 21.8 Å². The van der Waals surface area contributed by atoms with Gasteiger partial charge in [-0.2, -0.15) is 0 Å². The van der Waals surface area contributed by atoms with Crippen molar-refractivity contribution in [1.29, 1.82) is 0 Å². The largest absolute Gasteiger partial charge is 0.497 e. The average molecular weight is 555 g/mol. The Morgan fingerprint density at radius 1 is 0.974 bits per heavy atom. The molecule has 11 nitrogen and oxygen atoms in total. The highest BCUT2D eigenvalue weighted by molar-refractivity contribution is 7.92. The van der Waals surface area contributed by atoms with Crippen LogP contribution in [-0.4, -0.2) is 71.1 Å². The minimum atomic E-state index is -4.33. The summed E-state index contributed by atoms with van der Waals surface area (Å²) in [6.07, 6.45) is 0. The summed E-state index contributed by atoms with van der Waals surface area (Å²) in [5.74, 6) is 0.873. The van der Waals surface area contributed by atoms with E-state index in [1.54, 1.807) is 24.1 Å². The Hall–Kier alpha value is -4.32. The fourth-order valence-corrected chi connectivity index (χ4v) is 5.88. The Balaban J connectivity index is 1.59. The van der Waals surface area contributed by atoms with Crippen molar-refractivity contribution in [2.45, 2.75) is 11.8 Å². The van der Waals surface area contributed by atoms with Gasteiger partial charge in [0.05, 0.1) is 35.4 Å². The van der Waals surface area contributed by atoms with Gasteiger partial charge in [-0.05, 0) is 49.4 Å². The van der Waals surface area contributed by atoms with E-state index in [1.807, 2.05) is 24.3 Å². The van der Waals surface area contributed by atoms with Crippen molar-refractivity contribution in [3.63, 3.8) is 0 Å². The van der Waals surface area contributed by atoms with Gasteiger partial charge >= 0.3 is 0 Å². The molecule has 1 aliphatic rings. The number of para-hydroxylation sites is 2. The number of nitrogens with zero attached hydrogens (tertiary/aromatic N) is 4. The Morgan fingerprint density at radius 3 is 2.26 bits per heavy atom. The van der Waals surface area contributed by atoms with Crippen molar-refractivity contribution in [3.8, 4) is 11.5 Å². The lowest BCUT2D eigenvalue weighted by Crippen LogP contribution is -2.52. The van der Waals surface area contributed by atoms with Crippen LogP contribution in [0.4, 0.5) is 17.1 Å². The number of carbonyl (C=O) groups excluding carboxylic acids is 1. The van der Waals surface area contributed by atoms with Crippen LogP contribution < -0.4 is 18.7 Å². The molecule has 12 heteroatoms. The van der Waals surface area contributed by atoms with Crippen molar-refractivity contribution < 1.29 is 27.6 Å². The Labute approximate surface area is 227 Å². The molecule has 39 heavy (non-hydrogen) atoms. The topological polar surface area (TPSA) is 123 Å². The van der Waals surface area contributed by atoms with Gasteiger partial charge in [0.25, 0.3) is 15.7 Å².